The number of anilines is 3. The molecule has 9 heteroatoms. The van der Waals surface area contributed by atoms with Crippen molar-refractivity contribution >= 4 is 28.4 Å². The molecule has 0 unspecified atom stereocenters. The molecule has 2 heterocycles. The van der Waals surface area contributed by atoms with Gasteiger partial charge in [0.05, 0.1) is 11.7 Å². The topological polar surface area (TPSA) is 67.7 Å². The number of nitrogens with zero attached hydrogens (tertiary/aromatic N) is 4. The fourth-order valence-electron chi connectivity index (χ4n) is 2.21. The number of rotatable bonds is 3. The first-order valence-electron chi connectivity index (χ1n) is 6.69. The van der Waals surface area contributed by atoms with Gasteiger partial charge in [-0.1, -0.05) is 0 Å². The normalized spacial score (nSPS) is 11.7. The summed E-state index contributed by atoms with van der Waals surface area (Å²) in [6, 6.07) is 5.46. The number of benzene rings is 1. The quantitative estimate of drug-likeness (QED) is 0.775. The van der Waals surface area contributed by atoms with Gasteiger partial charge in [-0.15, -0.1) is 0 Å². The molecule has 2 aromatic heterocycles. The van der Waals surface area contributed by atoms with E-state index in [0.29, 0.717) is 5.69 Å². The van der Waals surface area contributed by atoms with Crippen LogP contribution in [0.1, 0.15) is 5.56 Å². The highest BCUT2D eigenvalue weighted by Crippen LogP contribution is 2.33. The Labute approximate surface area is 129 Å². The van der Waals surface area contributed by atoms with Crippen LogP contribution in [0.25, 0.3) is 10.9 Å². The van der Waals surface area contributed by atoms with Crippen LogP contribution in [0, 0.1) is 0 Å². The molecule has 0 spiro atoms. The molecule has 0 fully saturated rings. The molecule has 120 valence electrons. The molecule has 0 saturated heterocycles. The molecule has 2 N–H and O–H groups in total. The zero-order valence-corrected chi connectivity index (χ0v) is 12.3. The van der Waals surface area contributed by atoms with E-state index in [1.54, 1.807) is 16.9 Å². The highest BCUT2D eigenvalue weighted by atomic mass is 19.4. The summed E-state index contributed by atoms with van der Waals surface area (Å²) in [4.78, 5) is 7.60. The third-order valence-electron chi connectivity index (χ3n) is 3.33. The molecule has 0 aliphatic heterocycles. The fourth-order valence-corrected chi connectivity index (χ4v) is 2.21. The highest BCUT2D eigenvalue weighted by molar-refractivity contribution is 5.83. The number of aryl methyl sites for hydroxylation is 1. The zero-order chi connectivity index (χ0) is 16.6. The van der Waals surface area contributed by atoms with E-state index in [0.717, 1.165) is 17.1 Å². The Morgan fingerprint density at radius 2 is 1.96 bits per heavy atom. The number of alkyl halides is 3. The SMILES string of the molecule is CNc1nc(Nc2ccc3c(cnn3C)c2)ncc1C(F)(F)F. The van der Waals surface area contributed by atoms with Crippen molar-refractivity contribution in [2.75, 3.05) is 17.7 Å². The number of halogens is 3. The van der Waals surface area contributed by atoms with Gasteiger partial charge in [0.2, 0.25) is 5.95 Å². The van der Waals surface area contributed by atoms with Crippen LogP contribution in [-0.4, -0.2) is 26.8 Å². The van der Waals surface area contributed by atoms with Crippen molar-refractivity contribution in [3.05, 3.63) is 36.2 Å². The molecular formula is C14H13F3N6. The van der Waals surface area contributed by atoms with Crippen molar-refractivity contribution in [1.29, 1.82) is 0 Å². The molecule has 0 atom stereocenters. The van der Waals surface area contributed by atoms with E-state index in [-0.39, 0.29) is 11.8 Å². The van der Waals surface area contributed by atoms with Crippen molar-refractivity contribution in [2.45, 2.75) is 6.18 Å². The van der Waals surface area contributed by atoms with Crippen molar-refractivity contribution in [3.63, 3.8) is 0 Å². The lowest BCUT2D eigenvalue weighted by Gasteiger charge is -2.12. The van der Waals surface area contributed by atoms with Gasteiger partial charge in [-0.2, -0.15) is 23.3 Å². The molecule has 3 rings (SSSR count). The van der Waals surface area contributed by atoms with Crippen molar-refractivity contribution in [3.8, 4) is 0 Å². The second-order valence-electron chi connectivity index (χ2n) is 4.87. The Balaban J connectivity index is 1.92. The molecule has 3 aromatic rings. The van der Waals surface area contributed by atoms with Crippen LogP contribution in [0.5, 0.6) is 0 Å². The Morgan fingerprint density at radius 1 is 1.17 bits per heavy atom. The Kier molecular flexibility index (Phi) is 3.55. The van der Waals surface area contributed by atoms with Crippen LogP contribution in [0.15, 0.2) is 30.6 Å². The summed E-state index contributed by atoms with van der Waals surface area (Å²) < 4.78 is 40.2. The van der Waals surface area contributed by atoms with Gasteiger partial charge in [-0.25, -0.2) is 4.98 Å². The van der Waals surface area contributed by atoms with Crippen molar-refractivity contribution < 1.29 is 13.2 Å². The summed E-state index contributed by atoms with van der Waals surface area (Å²) in [6.45, 7) is 0. The van der Waals surface area contributed by atoms with Gasteiger partial charge in [0.15, 0.2) is 0 Å². The first-order chi connectivity index (χ1) is 10.9. The van der Waals surface area contributed by atoms with E-state index in [2.05, 4.69) is 25.7 Å². The maximum Gasteiger partial charge on any atom is 0.421 e. The van der Waals surface area contributed by atoms with E-state index in [1.807, 2.05) is 19.2 Å². The van der Waals surface area contributed by atoms with Crippen molar-refractivity contribution in [2.24, 2.45) is 7.05 Å². The lowest BCUT2D eigenvalue weighted by molar-refractivity contribution is -0.137. The molecule has 0 bridgehead atoms. The van der Waals surface area contributed by atoms with E-state index in [9.17, 15) is 13.2 Å². The third-order valence-corrected chi connectivity index (χ3v) is 3.33. The molecular weight excluding hydrogens is 309 g/mol. The first kappa shape index (κ1) is 15.1. The lowest BCUT2D eigenvalue weighted by atomic mass is 10.2. The van der Waals surface area contributed by atoms with E-state index in [4.69, 9.17) is 0 Å². The first-order valence-corrected chi connectivity index (χ1v) is 6.69. The highest BCUT2D eigenvalue weighted by Gasteiger charge is 2.35. The minimum atomic E-state index is -4.51. The van der Waals surface area contributed by atoms with Crippen LogP contribution in [0.3, 0.4) is 0 Å². The number of fused-ring (bicyclic) bond motifs is 1. The molecule has 1 aromatic carbocycles. The number of hydrogen-bond donors (Lipinski definition) is 2. The Hall–Kier alpha value is -2.84. The van der Waals surface area contributed by atoms with Gasteiger partial charge in [0, 0.05) is 31.4 Å². The monoisotopic (exact) mass is 322 g/mol. The van der Waals surface area contributed by atoms with Gasteiger partial charge < -0.3 is 10.6 Å². The molecule has 6 nitrogen and oxygen atoms in total. The lowest BCUT2D eigenvalue weighted by Crippen LogP contribution is -2.12. The van der Waals surface area contributed by atoms with E-state index < -0.39 is 11.7 Å². The van der Waals surface area contributed by atoms with Gasteiger partial charge >= 0.3 is 6.18 Å². The predicted molar refractivity (Wildman–Crippen MR) is 80.6 cm³/mol. The Bertz CT molecular complexity index is 855. The summed E-state index contributed by atoms with van der Waals surface area (Å²) in [7, 11) is 3.21. The molecule has 0 aliphatic rings. The average molecular weight is 322 g/mol. The molecule has 0 amide bonds. The fraction of sp³-hybridized carbons (Fsp3) is 0.214. The zero-order valence-electron chi connectivity index (χ0n) is 12.3. The minimum absolute atomic E-state index is 0.0746. The third kappa shape index (κ3) is 2.89. The van der Waals surface area contributed by atoms with Crippen LogP contribution in [0.4, 0.5) is 30.6 Å². The second kappa shape index (κ2) is 5.41. The molecule has 0 saturated carbocycles. The minimum Gasteiger partial charge on any atom is -0.372 e. The van der Waals surface area contributed by atoms with Crippen molar-refractivity contribution in [1.82, 2.24) is 19.7 Å². The largest absolute Gasteiger partial charge is 0.421 e. The standard InChI is InChI=1S/C14H13F3N6/c1-18-12-10(14(15,16)17)7-19-13(22-12)21-9-3-4-11-8(5-9)6-20-23(11)2/h3-7H,1-2H3,(H2,18,19,21,22). The molecule has 23 heavy (non-hydrogen) atoms. The molecule has 0 radical (unpaired) electrons. The smallest absolute Gasteiger partial charge is 0.372 e. The second-order valence-corrected chi connectivity index (χ2v) is 4.87. The van der Waals surface area contributed by atoms with Crippen LogP contribution >= 0.6 is 0 Å². The Morgan fingerprint density at radius 3 is 2.65 bits per heavy atom. The van der Waals surface area contributed by atoms with Gasteiger partial charge in [-0.3, -0.25) is 4.68 Å². The summed E-state index contributed by atoms with van der Waals surface area (Å²) in [6.07, 6.45) is -2.05. The van der Waals surface area contributed by atoms with Gasteiger partial charge in [0.25, 0.3) is 0 Å². The summed E-state index contributed by atoms with van der Waals surface area (Å²) in [5.74, 6) is -0.206. The number of aromatic nitrogens is 4. The summed E-state index contributed by atoms with van der Waals surface area (Å²) >= 11 is 0. The summed E-state index contributed by atoms with van der Waals surface area (Å²) in [5.41, 5.74) is 0.695. The van der Waals surface area contributed by atoms with Gasteiger partial charge in [0.1, 0.15) is 11.4 Å². The summed E-state index contributed by atoms with van der Waals surface area (Å²) in [5, 5.41) is 10.4. The van der Waals surface area contributed by atoms with Crippen LogP contribution < -0.4 is 10.6 Å². The van der Waals surface area contributed by atoms with E-state index >= 15 is 0 Å². The molecule has 0 aliphatic carbocycles. The average Bonchev–Trinajstić information content (AvgIpc) is 2.87. The number of hydrogen-bond acceptors (Lipinski definition) is 5. The number of nitrogens with one attached hydrogen (secondary N) is 2. The predicted octanol–water partition coefficient (Wildman–Crippen LogP) is 3.17. The maximum atomic E-state index is 12.8. The van der Waals surface area contributed by atoms with Crippen LogP contribution in [0.2, 0.25) is 0 Å². The van der Waals surface area contributed by atoms with Crippen LogP contribution in [-0.2, 0) is 13.2 Å². The van der Waals surface area contributed by atoms with E-state index in [1.165, 1.54) is 7.05 Å². The van der Waals surface area contributed by atoms with Gasteiger partial charge in [-0.05, 0) is 18.2 Å². The maximum absolute atomic E-state index is 12.8.